The van der Waals surface area contributed by atoms with Gasteiger partial charge in [-0.3, -0.25) is 14.5 Å². The predicted molar refractivity (Wildman–Crippen MR) is 122 cm³/mol. The molecular weight excluding hydrogens is 440 g/mol. The maximum Gasteiger partial charge on any atom is 0.327 e. The van der Waals surface area contributed by atoms with Crippen LogP contribution in [0.5, 0.6) is 17.2 Å². The number of hydrogen-bond donors (Lipinski definition) is 2. The van der Waals surface area contributed by atoms with Gasteiger partial charge in [0.05, 0.1) is 19.7 Å². The summed E-state index contributed by atoms with van der Waals surface area (Å²) in [6.45, 7) is 0.740. The molecule has 0 bridgehead atoms. The largest absolute Gasteiger partial charge is 0.497 e. The average Bonchev–Trinajstić information content (AvgIpc) is 3.32. The van der Waals surface area contributed by atoms with Crippen LogP contribution in [0.25, 0.3) is 0 Å². The van der Waals surface area contributed by atoms with E-state index in [1.807, 2.05) is 0 Å². The third-order valence-electron chi connectivity index (χ3n) is 6.28. The first-order chi connectivity index (χ1) is 16.5. The predicted octanol–water partition coefficient (Wildman–Crippen LogP) is 1.95. The van der Waals surface area contributed by atoms with E-state index in [0.717, 1.165) is 12.0 Å². The second kappa shape index (κ2) is 9.22. The Hall–Kier alpha value is -3.79. The lowest BCUT2D eigenvalue weighted by Gasteiger charge is -2.46. The highest BCUT2D eigenvalue weighted by Gasteiger charge is 2.47. The number of fused-ring (bicyclic) bond motifs is 2. The molecule has 0 aromatic heterocycles. The van der Waals surface area contributed by atoms with Crippen molar-refractivity contribution >= 4 is 23.5 Å². The quantitative estimate of drug-likeness (QED) is 0.670. The lowest BCUT2D eigenvalue weighted by molar-refractivity contribution is -0.138. The van der Waals surface area contributed by atoms with Gasteiger partial charge in [0.25, 0.3) is 0 Å². The van der Waals surface area contributed by atoms with Crippen LogP contribution in [0.2, 0.25) is 0 Å². The Labute approximate surface area is 196 Å². The number of benzene rings is 2. The Balaban J connectivity index is 1.35. The fourth-order valence-electron chi connectivity index (χ4n) is 4.63. The molecule has 0 radical (unpaired) electrons. The molecule has 3 heterocycles. The molecule has 0 spiro atoms. The van der Waals surface area contributed by atoms with Gasteiger partial charge >= 0.3 is 6.03 Å². The number of ether oxygens (including phenoxy) is 3. The zero-order chi connectivity index (χ0) is 23.7. The van der Waals surface area contributed by atoms with Crippen LogP contribution in [0.15, 0.2) is 42.5 Å². The van der Waals surface area contributed by atoms with Crippen molar-refractivity contribution in [2.45, 2.75) is 31.5 Å². The maximum absolute atomic E-state index is 13.5. The van der Waals surface area contributed by atoms with E-state index in [4.69, 9.17) is 14.2 Å². The molecule has 2 unspecified atom stereocenters. The lowest BCUT2D eigenvalue weighted by atomic mass is 9.93. The summed E-state index contributed by atoms with van der Waals surface area (Å²) in [5, 5.41) is 6.06. The van der Waals surface area contributed by atoms with Gasteiger partial charge in [0.1, 0.15) is 18.3 Å². The van der Waals surface area contributed by atoms with Crippen molar-refractivity contribution in [3.05, 3.63) is 48.0 Å². The highest BCUT2D eigenvalue weighted by molar-refractivity contribution is 6.02. The number of imide groups is 1. The van der Waals surface area contributed by atoms with Crippen molar-refractivity contribution in [2.75, 3.05) is 32.3 Å². The molecule has 3 aliphatic rings. The molecular formula is C24H26N4O6. The molecule has 2 N–H and O–H groups in total. The number of anilines is 1. The summed E-state index contributed by atoms with van der Waals surface area (Å²) in [6.07, 6.45) is 1.47. The second-order valence-corrected chi connectivity index (χ2v) is 8.44. The molecule has 2 aromatic rings. The van der Waals surface area contributed by atoms with Crippen LogP contribution in [-0.2, 0) is 16.1 Å². The summed E-state index contributed by atoms with van der Waals surface area (Å²) in [6, 6.07) is 10.9. The summed E-state index contributed by atoms with van der Waals surface area (Å²) in [4.78, 5) is 42.3. The first-order valence-electron chi connectivity index (χ1n) is 11.2. The van der Waals surface area contributed by atoms with Crippen molar-refractivity contribution in [2.24, 2.45) is 0 Å². The number of nitrogens with one attached hydrogen (secondary N) is 2. The molecule has 3 aliphatic heterocycles. The monoisotopic (exact) mass is 466 g/mol. The minimum Gasteiger partial charge on any atom is -0.497 e. The van der Waals surface area contributed by atoms with Crippen molar-refractivity contribution in [1.29, 1.82) is 0 Å². The zero-order valence-corrected chi connectivity index (χ0v) is 18.8. The SMILES string of the molecule is COc1cccc(NC(=O)CN2C(=O)N(Cc3ccc4c(c3)OCO4)C(=O)C3NCCCC32)c1. The van der Waals surface area contributed by atoms with Gasteiger partial charge in [0.2, 0.25) is 18.6 Å². The average molecular weight is 466 g/mol. The third-order valence-corrected chi connectivity index (χ3v) is 6.28. The van der Waals surface area contributed by atoms with Gasteiger partial charge in [0, 0.05) is 11.8 Å². The van der Waals surface area contributed by atoms with Crippen LogP contribution in [0.4, 0.5) is 10.5 Å². The number of amides is 4. The number of rotatable bonds is 6. The lowest BCUT2D eigenvalue weighted by Crippen LogP contribution is -2.70. The van der Waals surface area contributed by atoms with Gasteiger partial charge in [0.15, 0.2) is 11.5 Å². The Morgan fingerprint density at radius 3 is 2.88 bits per heavy atom. The van der Waals surface area contributed by atoms with Crippen LogP contribution >= 0.6 is 0 Å². The van der Waals surface area contributed by atoms with E-state index in [-0.39, 0.29) is 37.7 Å². The van der Waals surface area contributed by atoms with Gasteiger partial charge in [-0.25, -0.2) is 4.79 Å². The Morgan fingerprint density at radius 1 is 1.18 bits per heavy atom. The molecule has 178 valence electrons. The topological polar surface area (TPSA) is 109 Å². The summed E-state index contributed by atoms with van der Waals surface area (Å²) < 4.78 is 16.0. The Kier molecular flexibility index (Phi) is 5.97. The van der Waals surface area contributed by atoms with Gasteiger partial charge < -0.3 is 29.7 Å². The molecule has 2 saturated heterocycles. The van der Waals surface area contributed by atoms with Crippen LogP contribution < -0.4 is 24.8 Å². The number of methoxy groups -OCH3 is 1. The van der Waals surface area contributed by atoms with Gasteiger partial charge in [-0.15, -0.1) is 0 Å². The van der Waals surface area contributed by atoms with E-state index < -0.39 is 12.1 Å². The van der Waals surface area contributed by atoms with Crippen LogP contribution in [0, 0.1) is 0 Å². The molecule has 2 aromatic carbocycles. The standard InChI is InChI=1S/C24H26N4O6/c1-32-17-5-2-4-16(11-17)26-21(29)13-27-18-6-3-9-25-22(18)23(30)28(24(27)31)12-15-7-8-19-20(10-15)34-14-33-19/h2,4-5,7-8,10-11,18,22,25H,3,6,9,12-14H2,1H3,(H,26,29). The van der Waals surface area contributed by atoms with E-state index in [1.165, 1.54) is 9.80 Å². The fraction of sp³-hybridized carbons (Fsp3) is 0.375. The van der Waals surface area contributed by atoms with Crippen LogP contribution in [0.1, 0.15) is 18.4 Å². The van der Waals surface area contributed by atoms with Gasteiger partial charge in [-0.1, -0.05) is 12.1 Å². The Bertz CT molecular complexity index is 1120. The molecule has 10 nitrogen and oxygen atoms in total. The zero-order valence-electron chi connectivity index (χ0n) is 18.8. The number of carbonyl (C=O) groups is 3. The number of piperidine rings is 1. The van der Waals surface area contributed by atoms with Crippen LogP contribution in [0.3, 0.4) is 0 Å². The maximum atomic E-state index is 13.5. The van der Waals surface area contributed by atoms with Crippen LogP contribution in [-0.4, -0.2) is 66.7 Å². The molecule has 0 saturated carbocycles. The highest BCUT2D eigenvalue weighted by Crippen LogP contribution is 2.33. The summed E-state index contributed by atoms with van der Waals surface area (Å²) in [5.41, 5.74) is 1.31. The molecule has 2 atom stereocenters. The van der Waals surface area contributed by atoms with Crippen molar-refractivity contribution in [3.63, 3.8) is 0 Å². The van der Waals surface area contributed by atoms with Gasteiger partial charge in [-0.05, 0) is 49.2 Å². The molecule has 4 amide bonds. The molecule has 2 fully saturated rings. The van der Waals surface area contributed by atoms with Crippen molar-refractivity contribution < 1.29 is 28.6 Å². The molecule has 10 heteroatoms. The van der Waals surface area contributed by atoms with E-state index >= 15 is 0 Å². The van der Waals surface area contributed by atoms with E-state index in [0.29, 0.717) is 35.9 Å². The van der Waals surface area contributed by atoms with E-state index in [2.05, 4.69) is 10.6 Å². The number of hydrogen-bond acceptors (Lipinski definition) is 7. The second-order valence-electron chi connectivity index (χ2n) is 8.44. The third kappa shape index (κ3) is 4.24. The smallest absolute Gasteiger partial charge is 0.327 e. The van der Waals surface area contributed by atoms with E-state index in [9.17, 15) is 14.4 Å². The van der Waals surface area contributed by atoms with Gasteiger partial charge in [-0.2, -0.15) is 0 Å². The molecule has 34 heavy (non-hydrogen) atoms. The number of urea groups is 1. The molecule has 0 aliphatic carbocycles. The minimum absolute atomic E-state index is 0.0766. The summed E-state index contributed by atoms with van der Waals surface area (Å²) >= 11 is 0. The number of carbonyl (C=O) groups excluding carboxylic acids is 3. The molecule has 5 rings (SSSR count). The first-order valence-corrected chi connectivity index (χ1v) is 11.2. The van der Waals surface area contributed by atoms with Crippen molar-refractivity contribution in [3.8, 4) is 17.2 Å². The minimum atomic E-state index is -0.551. The summed E-state index contributed by atoms with van der Waals surface area (Å²) in [7, 11) is 1.55. The van der Waals surface area contributed by atoms with Crippen molar-refractivity contribution in [1.82, 2.24) is 15.1 Å². The Morgan fingerprint density at radius 2 is 2.03 bits per heavy atom. The first kappa shape index (κ1) is 22.0. The normalized spacial score (nSPS) is 21.3. The number of nitrogens with zero attached hydrogens (tertiary/aromatic N) is 2. The summed E-state index contributed by atoms with van der Waals surface area (Å²) in [5.74, 6) is 1.20. The fourth-order valence-corrected chi connectivity index (χ4v) is 4.63. The highest BCUT2D eigenvalue weighted by atomic mass is 16.7. The van der Waals surface area contributed by atoms with E-state index in [1.54, 1.807) is 49.6 Å².